The van der Waals surface area contributed by atoms with Gasteiger partial charge in [-0.3, -0.25) is 9.58 Å². The topological polar surface area (TPSA) is 21.1 Å². The van der Waals surface area contributed by atoms with E-state index in [0.717, 1.165) is 23.3 Å². The van der Waals surface area contributed by atoms with Crippen LogP contribution in [0.3, 0.4) is 0 Å². The number of nitrogens with zero attached hydrogens (tertiary/aromatic N) is 3. The summed E-state index contributed by atoms with van der Waals surface area (Å²) in [7, 11) is 0. The lowest BCUT2D eigenvalue weighted by Gasteiger charge is -2.31. The Balaban J connectivity index is 1.40. The van der Waals surface area contributed by atoms with Gasteiger partial charge in [0.2, 0.25) is 0 Å². The lowest BCUT2D eigenvalue weighted by atomic mass is 9.93. The van der Waals surface area contributed by atoms with Crippen LogP contribution < -0.4 is 0 Å². The Bertz CT molecular complexity index is 515. The van der Waals surface area contributed by atoms with Crippen LogP contribution in [-0.4, -0.2) is 27.8 Å². The maximum absolute atomic E-state index is 5.98. The number of rotatable bonds is 5. The average Bonchev–Trinajstić information content (AvgIpc) is 3.10. The molecule has 1 aliphatic heterocycles. The second-order valence-corrected chi connectivity index (χ2v) is 7.28. The van der Waals surface area contributed by atoms with E-state index in [1.807, 2.05) is 23.0 Å². The first-order chi connectivity index (χ1) is 9.79. The summed E-state index contributed by atoms with van der Waals surface area (Å²) in [5, 5.41) is 4.27. The highest BCUT2D eigenvalue weighted by Crippen LogP contribution is 2.26. The first-order valence-corrected chi connectivity index (χ1v) is 8.43. The van der Waals surface area contributed by atoms with Crippen LogP contribution in [0.5, 0.6) is 0 Å². The molecule has 2 aromatic heterocycles. The fourth-order valence-electron chi connectivity index (χ4n) is 2.84. The van der Waals surface area contributed by atoms with Crippen molar-refractivity contribution in [2.24, 2.45) is 5.92 Å². The van der Waals surface area contributed by atoms with Crippen LogP contribution in [-0.2, 0) is 13.1 Å². The third-order valence-corrected chi connectivity index (χ3v) is 5.26. The first-order valence-electron chi connectivity index (χ1n) is 7.23. The highest BCUT2D eigenvalue weighted by molar-refractivity contribution is 7.16. The van der Waals surface area contributed by atoms with Crippen LogP contribution in [0.15, 0.2) is 30.6 Å². The summed E-state index contributed by atoms with van der Waals surface area (Å²) in [5.74, 6) is 0.849. The van der Waals surface area contributed by atoms with Gasteiger partial charge in [0.15, 0.2) is 0 Å². The van der Waals surface area contributed by atoms with Gasteiger partial charge in [-0.1, -0.05) is 11.6 Å². The number of hydrogen-bond acceptors (Lipinski definition) is 3. The number of piperidine rings is 1. The van der Waals surface area contributed by atoms with E-state index in [0.29, 0.717) is 0 Å². The predicted molar refractivity (Wildman–Crippen MR) is 84.2 cm³/mol. The van der Waals surface area contributed by atoms with Crippen molar-refractivity contribution in [2.45, 2.75) is 32.4 Å². The largest absolute Gasteiger partial charge is 0.298 e. The number of aryl methyl sites for hydroxylation is 1. The van der Waals surface area contributed by atoms with E-state index in [4.69, 9.17) is 11.6 Å². The Morgan fingerprint density at radius 3 is 2.80 bits per heavy atom. The third kappa shape index (κ3) is 3.84. The van der Waals surface area contributed by atoms with E-state index in [1.165, 1.54) is 37.2 Å². The van der Waals surface area contributed by atoms with Crippen LogP contribution >= 0.6 is 22.9 Å². The van der Waals surface area contributed by atoms with Crippen LogP contribution in [0.1, 0.15) is 24.1 Å². The maximum atomic E-state index is 5.98. The molecule has 0 radical (unpaired) electrons. The molecule has 108 valence electrons. The smallest absolute Gasteiger partial charge is 0.0931 e. The normalized spacial score (nSPS) is 17.6. The molecule has 3 nitrogen and oxygen atoms in total. The summed E-state index contributed by atoms with van der Waals surface area (Å²) in [5.41, 5.74) is 0. The monoisotopic (exact) mass is 309 g/mol. The summed E-state index contributed by atoms with van der Waals surface area (Å²) in [6.45, 7) is 4.53. The van der Waals surface area contributed by atoms with Gasteiger partial charge >= 0.3 is 0 Å². The summed E-state index contributed by atoms with van der Waals surface area (Å²) in [6, 6.07) is 6.14. The number of thiophene rings is 1. The SMILES string of the molecule is Clc1ccc(CN2CCC(CCn3cccn3)CC2)s1. The average molecular weight is 310 g/mol. The summed E-state index contributed by atoms with van der Waals surface area (Å²) >= 11 is 7.69. The Labute approximate surface area is 129 Å². The molecule has 1 aliphatic rings. The standard InChI is InChI=1S/C15H20ClN3S/c16-15-3-2-14(20-15)12-18-9-4-13(5-10-18)6-11-19-8-1-7-17-19/h1-3,7-8,13H,4-6,9-12H2. The maximum Gasteiger partial charge on any atom is 0.0931 e. The molecule has 0 unspecified atom stereocenters. The van der Waals surface area contributed by atoms with E-state index in [1.54, 1.807) is 11.3 Å². The molecule has 0 bridgehead atoms. The van der Waals surface area contributed by atoms with Crippen molar-refractivity contribution in [2.75, 3.05) is 13.1 Å². The Hall–Kier alpha value is -0.840. The number of hydrogen-bond donors (Lipinski definition) is 0. The molecule has 0 amide bonds. The fraction of sp³-hybridized carbons (Fsp3) is 0.533. The summed E-state index contributed by atoms with van der Waals surface area (Å²) in [6.07, 6.45) is 7.77. The van der Waals surface area contributed by atoms with Crippen LogP contribution in [0.4, 0.5) is 0 Å². The minimum Gasteiger partial charge on any atom is -0.298 e. The zero-order valence-electron chi connectivity index (χ0n) is 11.5. The molecule has 2 aromatic rings. The lowest BCUT2D eigenvalue weighted by Crippen LogP contribution is -2.33. The lowest BCUT2D eigenvalue weighted by molar-refractivity contribution is 0.169. The highest BCUT2D eigenvalue weighted by atomic mass is 35.5. The Morgan fingerprint density at radius 1 is 1.30 bits per heavy atom. The van der Waals surface area contributed by atoms with Gasteiger partial charge in [-0.25, -0.2) is 0 Å². The van der Waals surface area contributed by atoms with E-state index in [-0.39, 0.29) is 0 Å². The number of likely N-dealkylation sites (tertiary alicyclic amines) is 1. The quantitative estimate of drug-likeness (QED) is 0.835. The molecule has 0 aromatic carbocycles. The predicted octanol–water partition coefficient (Wildman–Crippen LogP) is 3.90. The van der Waals surface area contributed by atoms with Gasteiger partial charge in [-0.05, 0) is 56.5 Å². The molecule has 3 heterocycles. The minimum atomic E-state index is 0.849. The van der Waals surface area contributed by atoms with Crippen LogP contribution in [0.25, 0.3) is 0 Å². The first kappa shape index (κ1) is 14.1. The molecule has 0 aliphatic carbocycles. The van der Waals surface area contributed by atoms with E-state index < -0.39 is 0 Å². The molecule has 3 rings (SSSR count). The van der Waals surface area contributed by atoms with E-state index in [2.05, 4.69) is 22.3 Å². The van der Waals surface area contributed by atoms with Crippen molar-refractivity contribution >= 4 is 22.9 Å². The van der Waals surface area contributed by atoms with Crippen molar-refractivity contribution in [3.8, 4) is 0 Å². The Morgan fingerprint density at radius 2 is 2.15 bits per heavy atom. The second kappa shape index (κ2) is 6.74. The van der Waals surface area contributed by atoms with E-state index >= 15 is 0 Å². The molecule has 0 spiro atoms. The molecule has 5 heteroatoms. The molecule has 1 saturated heterocycles. The van der Waals surface area contributed by atoms with Gasteiger partial charge < -0.3 is 0 Å². The van der Waals surface area contributed by atoms with Gasteiger partial charge in [0, 0.05) is 30.4 Å². The van der Waals surface area contributed by atoms with Gasteiger partial charge in [0.1, 0.15) is 0 Å². The second-order valence-electron chi connectivity index (χ2n) is 5.48. The van der Waals surface area contributed by atoms with Crippen molar-refractivity contribution in [3.63, 3.8) is 0 Å². The number of aromatic nitrogens is 2. The zero-order chi connectivity index (χ0) is 13.8. The van der Waals surface area contributed by atoms with Crippen LogP contribution in [0, 0.1) is 5.92 Å². The molecular weight excluding hydrogens is 290 g/mol. The molecular formula is C15H20ClN3S. The van der Waals surface area contributed by atoms with Gasteiger partial charge in [-0.15, -0.1) is 11.3 Å². The fourth-order valence-corrected chi connectivity index (χ4v) is 3.97. The number of halogens is 1. The van der Waals surface area contributed by atoms with Gasteiger partial charge in [-0.2, -0.15) is 5.10 Å². The molecule has 0 N–H and O–H groups in total. The Kier molecular flexibility index (Phi) is 4.76. The van der Waals surface area contributed by atoms with Crippen molar-refractivity contribution < 1.29 is 0 Å². The molecule has 0 atom stereocenters. The zero-order valence-corrected chi connectivity index (χ0v) is 13.1. The van der Waals surface area contributed by atoms with Crippen molar-refractivity contribution in [3.05, 3.63) is 39.8 Å². The summed E-state index contributed by atoms with van der Waals surface area (Å²) in [4.78, 5) is 3.93. The van der Waals surface area contributed by atoms with Gasteiger partial charge in [0.05, 0.1) is 4.34 Å². The van der Waals surface area contributed by atoms with Crippen LogP contribution in [0.2, 0.25) is 4.34 Å². The summed E-state index contributed by atoms with van der Waals surface area (Å²) < 4.78 is 2.94. The van der Waals surface area contributed by atoms with Gasteiger partial charge in [0.25, 0.3) is 0 Å². The minimum absolute atomic E-state index is 0.849. The van der Waals surface area contributed by atoms with Crippen molar-refractivity contribution in [1.82, 2.24) is 14.7 Å². The van der Waals surface area contributed by atoms with E-state index in [9.17, 15) is 0 Å². The molecule has 1 fully saturated rings. The molecule has 20 heavy (non-hydrogen) atoms. The molecule has 0 saturated carbocycles. The van der Waals surface area contributed by atoms with Crippen molar-refractivity contribution in [1.29, 1.82) is 0 Å². The third-order valence-electron chi connectivity index (χ3n) is 4.04. The highest BCUT2D eigenvalue weighted by Gasteiger charge is 2.19.